The molecule has 3 unspecified atom stereocenters. The second kappa shape index (κ2) is 12.9. The normalized spacial score (nSPS) is 13.1. The molecule has 1 aromatic rings. The van der Waals surface area contributed by atoms with Crippen LogP contribution in [0.15, 0.2) is 35.4 Å². The highest BCUT2D eigenvalue weighted by Gasteiger charge is 2.35. The zero-order valence-corrected chi connectivity index (χ0v) is 17.6. The monoisotopic (exact) mass is 466 g/mol. The Morgan fingerprint density at radius 2 is 1.78 bits per heavy atom. The van der Waals surface area contributed by atoms with E-state index in [1.807, 2.05) is 0 Å². The minimum absolute atomic E-state index is 0.185. The second-order valence-electron chi connectivity index (χ2n) is 6.46. The van der Waals surface area contributed by atoms with E-state index in [2.05, 4.69) is 28.0 Å². The molecule has 0 saturated carbocycles. The van der Waals surface area contributed by atoms with Gasteiger partial charge in [0.15, 0.2) is 5.78 Å². The average Bonchev–Trinajstić information content (AvgIpc) is 2.77. The van der Waals surface area contributed by atoms with Crippen molar-refractivity contribution in [2.24, 2.45) is 10.8 Å². The first kappa shape index (κ1) is 26.4. The van der Waals surface area contributed by atoms with Crippen LogP contribution in [0.5, 0.6) is 0 Å². The van der Waals surface area contributed by atoms with Gasteiger partial charge in [0.2, 0.25) is 18.0 Å². The predicted molar refractivity (Wildman–Crippen MR) is 114 cm³/mol. The van der Waals surface area contributed by atoms with Crippen molar-refractivity contribution in [3.05, 3.63) is 46.3 Å². The molecule has 32 heavy (non-hydrogen) atoms. The first-order valence-electron chi connectivity index (χ1n) is 9.16. The standard InChI is InChI=1S/C18H22N6O7S/c19-11(17(28)29)6-7-14(26)21-12(9-32)16(27)24(15(18(30)31)22-23-20)8-13(25)10-4-2-1-3-5-10/h1-5,11-12,15,32H,6-9,19H2,(H,21,26)(H,28,29)(H,30,31). The number of nitrogens with two attached hydrogens (primary N) is 1. The zero-order chi connectivity index (χ0) is 24.3. The van der Waals surface area contributed by atoms with Gasteiger partial charge in [-0.25, -0.2) is 4.79 Å². The molecule has 1 rings (SSSR count). The maximum absolute atomic E-state index is 13.0. The van der Waals surface area contributed by atoms with Crippen LogP contribution in [0.1, 0.15) is 23.2 Å². The number of ketones is 1. The van der Waals surface area contributed by atoms with Crippen LogP contribution in [0.25, 0.3) is 10.4 Å². The van der Waals surface area contributed by atoms with E-state index in [0.29, 0.717) is 4.90 Å². The van der Waals surface area contributed by atoms with Crippen LogP contribution in [0.3, 0.4) is 0 Å². The van der Waals surface area contributed by atoms with Crippen molar-refractivity contribution >= 4 is 42.2 Å². The van der Waals surface area contributed by atoms with Crippen LogP contribution in [-0.2, 0) is 19.2 Å². The Kier molecular flexibility index (Phi) is 10.7. The Balaban J connectivity index is 3.09. The van der Waals surface area contributed by atoms with Gasteiger partial charge in [-0.05, 0) is 12.0 Å². The minimum atomic E-state index is -2.06. The summed E-state index contributed by atoms with van der Waals surface area (Å²) in [5.74, 6) is -5.67. The molecule has 14 heteroatoms. The first-order chi connectivity index (χ1) is 15.1. The van der Waals surface area contributed by atoms with E-state index in [-0.39, 0.29) is 24.2 Å². The molecule has 0 saturated heterocycles. The third-order valence-electron chi connectivity index (χ3n) is 4.19. The Labute approximate surface area is 187 Å². The average molecular weight is 466 g/mol. The molecular weight excluding hydrogens is 444 g/mol. The third kappa shape index (κ3) is 7.91. The summed E-state index contributed by atoms with van der Waals surface area (Å²) in [5, 5.41) is 23.5. The van der Waals surface area contributed by atoms with E-state index >= 15 is 0 Å². The molecule has 1 aromatic carbocycles. The van der Waals surface area contributed by atoms with Crippen molar-refractivity contribution < 1.29 is 34.2 Å². The number of carbonyl (C=O) groups excluding carboxylic acids is 3. The number of nitrogens with zero attached hydrogens (tertiary/aromatic N) is 4. The van der Waals surface area contributed by atoms with Crippen molar-refractivity contribution in [1.82, 2.24) is 10.2 Å². The molecule has 0 heterocycles. The molecule has 0 fully saturated rings. The molecule has 3 atom stereocenters. The van der Waals surface area contributed by atoms with Crippen LogP contribution in [0, 0.1) is 0 Å². The molecule has 0 bridgehead atoms. The Bertz CT molecular complexity index is 904. The maximum atomic E-state index is 13.0. The van der Waals surface area contributed by atoms with Crippen molar-refractivity contribution in [3.63, 3.8) is 0 Å². The predicted octanol–water partition coefficient (Wildman–Crippen LogP) is 0.0256. The summed E-state index contributed by atoms with van der Waals surface area (Å²) in [6.07, 6.45) is -2.59. The molecule has 0 aliphatic carbocycles. The molecule has 0 aliphatic heterocycles. The third-order valence-corrected chi connectivity index (χ3v) is 4.55. The fraction of sp³-hybridized carbons (Fsp3) is 0.389. The number of thiol groups is 1. The minimum Gasteiger partial charge on any atom is -0.480 e. The number of nitrogens with one attached hydrogen (secondary N) is 1. The van der Waals surface area contributed by atoms with Crippen LogP contribution in [-0.4, -0.2) is 75.2 Å². The number of carbonyl (C=O) groups is 5. The maximum Gasteiger partial charge on any atom is 0.332 e. The molecule has 2 amide bonds. The van der Waals surface area contributed by atoms with Gasteiger partial charge < -0.3 is 26.2 Å². The van der Waals surface area contributed by atoms with Crippen molar-refractivity contribution in [1.29, 1.82) is 0 Å². The van der Waals surface area contributed by atoms with Gasteiger partial charge in [0.1, 0.15) is 12.1 Å². The number of hydrogen-bond acceptors (Lipinski definition) is 8. The highest BCUT2D eigenvalue weighted by molar-refractivity contribution is 7.80. The lowest BCUT2D eigenvalue weighted by molar-refractivity contribution is -0.150. The summed E-state index contributed by atoms with van der Waals surface area (Å²) >= 11 is 3.98. The number of carboxylic acid groups (broad SMARTS) is 2. The summed E-state index contributed by atoms with van der Waals surface area (Å²) in [6, 6.07) is 5.04. The lowest BCUT2D eigenvalue weighted by Crippen LogP contribution is -2.55. The summed E-state index contributed by atoms with van der Waals surface area (Å²) in [7, 11) is 0. The number of rotatable bonds is 13. The van der Waals surface area contributed by atoms with Crippen molar-refractivity contribution in [3.8, 4) is 0 Å². The van der Waals surface area contributed by atoms with Gasteiger partial charge in [-0.1, -0.05) is 35.4 Å². The number of carboxylic acids is 2. The molecule has 172 valence electrons. The number of hydrogen-bond donors (Lipinski definition) is 5. The summed E-state index contributed by atoms with van der Waals surface area (Å²) in [5.41, 5.74) is 14.2. The van der Waals surface area contributed by atoms with E-state index in [4.69, 9.17) is 16.4 Å². The van der Waals surface area contributed by atoms with Gasteiger partial charge in [-0.15, -0.1) is 0 Å². The number of Topliss-reactive ketones (excluding diaryl/α,β-unsaturated/α-hetero) is 1. The number of benzene rings is 1. The Morgan fingerprint density at radius 1 is 1.16 bits per heavy atom. The molecule has 0 radical (unpaired) electrons. The molecular formula is C18H22N6O7S. The van der Waals surface area contributed by atoms with Gasteiger partial charge in [-0.3, -0.25) is 19.2 Å². The van der Waals surface area contributed by atoms with Crippen LogP contribution in [0.4, 0.5) is 0 Å². The van der Waals surface area contributed by atoms with Crippen LogP contribution < -0.4 is 11.1 Å². The van der Waals surface area contributed by atoms with E-state index in [9.17, 15) is 29.1 Å². The van der Waals surface area contributed by atoms with Gasteiger partial charge in [0.05, 0.1) is 6.54 Å². The lowest BCUT2D eigenvalue weighted by atomic mass is 10.1. The van der Waals surface area contributed by atoms with Crippen molar-refractivity contribution in [2.45, 2.75) is 31.1 Å². The highest BCUT2D eigenvalue weighted by atomic mass is 32.1. The fourth-order valence-electron chi connectivity index (χ4n) is 2.51. The van der Waals surface area contributed by atoms with E-state index in [1.165, 1.54) is 12.1 Å². The molecule has 0 spiro atoms. The molecule has 0 aliphatic rings. The highest BCUT2D eigenvalue weighted by Crippen LogP contribution is 2.11. The topological polar surface area (TPSA) is 216 Å². The Hall–Kier alpha value is -3.61. The van der Waals surface area contributed by atoms with Crippen LogP contribution >= 0.6 is 12.6 Å². The summed E-state index contributed by atoms with van der Waals surface area (Å²) in [6.45, 7) is -0.747. The Morgan fingerprint density at radius 3 is 2.28 bits per heavy atom. The largest absolute Gasteiger partial charge is 0.480 e. The van der Waals surface area contributed by atoms with Crippen molar-refractivity contribution in [2.75, 3.05) is 12.3 Å². The number of amides is 2. The quantitative estimate of drug-likeness (QED) is 0.0875. The summed E-state index contributed by atoms with van der Waals surface area (Å²) in [4.78, 5) is 62.9. The molecule has 13 nitrogen and oxygen atoms in total. The van der Waals surface area contributed by atoms with Gasteiger partial charge >= 0.3 is 11.9 Å². The number of azide groups is 1. The lowest BCUT2D eigenvalue weighted by Gasteiger charge is -2.29. The smallest absolute Gasteiger partial charge is 0.332 e. The fourth-order valence-corrected chi connectivity index (χ4v) is 2.76. The first-order valence-corrected chi connectivity index (χ1v) is 9.80. The van der Waals surface area contributed by atoms with Gasteiger partial charge in [0, 0.05) is 22.6 Å². The van der Waals surface area contributed by atoms with E-state index < -0.39 is 54.3 Å². The van der Waals surface area contributed by atoms with Gasteiger partial charge in [-0.2, -0.15) is 12.6 Å². The second-order valence-corrected chi connectivity index (χ2v) is 6.82. The van der Waals surface area contributed by atoms with E-state index in [1.54, 1.807) is 18.2 Å². The zero-order valence-electron chi connectivity index (χ0n) is 16.7. The molecule has 5 N–H and O–H groups in total. The SMILES string of the molecule is [N-]=[N+]=NC(C(=O)O)N(CC(=O)c1ccccc1)C(=O)C(CS)NC(=O)CCC(N)C(=O)O. The molecule has 0 aromatic heterocycles. The number of aliphatic carboxylic acids is 2. The van der Waals surface area contributed by atoms with Crippen LogP contribution in [0.2, 0.25) is 0 Å². The van der Waals surface area contributed by atoms with E-state index in [0.717, 1.165) is 0 Å². The summed E-state index contributed by atoms with van der Waals surface area (Å²) < 4.78 is 0. The van der Waals surface area contributed by atoms with Gasteiger partial charge in [0.25, 0.3) is 0 Å².